The van der Waals surface area contributed by atoms with Gasteiger partial charge in [0.2, 0.25) is 0 Å². The summed E-state index contributed by atoms with van der Waals surface area (Å²) in [5, 5.41) is 26.7. The van der Waals surface area contributed by atoms with Crippen molar-refractivity contribution < 1.29 is 14.2 Å². The van der Waals surface area contributed by atoms with Crippen LogP contribution in [0.4, 0.5) is 15.9 Å². The van der Waals surface area contributed by atoms with E-state index in [1.165, 1.54) is 11.3 Å². The van der Waals surface area contributed by atoms with Crippen LogP contribution in [-0.2, 0) is 11.4 Å². The fourth-order valence-corrected chi connectivity index (χ4v) is 5.27. The molecule has 5 rings (SSSR count). The molecule has 1 N–H and O–H groups in total. The molecule has 0 radical (unpaired) electrons. The fraction of sp³-hybridized carbons (Fsp3) is 0.524. The Morgan fingerprint density at radius 2 is 2.06 bits per heavy atom. The van der Waals surface area contributed by atoms with Crippen LogP contribution in [0.3, 0.4) is 0 Å². The van der Waals surface area contributed by atoms with Gasteiger partial charge < -0.3 is 19.6 Å². The van der Waals surface area contributed by atoms with Crippen LogP contribution in [0.2, 0.25) is 0 Å². The lowest BCUT2D eigenvalue weighted by molar-refractivity contribution is 0.0975. The van der Waals surface area contributed by atoms with E-state index in [0.717, 1.165) is 68.1 Å². The number of nitrogens with zero attached hydrogens (tertiary/aromatic N) is 6. The van der Waals surface area contributed by atoms with Crippen molar-refractivity contribution in [3.05, 3.63) is 34.3 Å². The number of fused-ring (bicyclic) bond motifs is 1. The van der Waals surface area contributed by atoms with E-state index < -0.39 is 12.8 Å². The lowest BCUT2D eigenvalue weighted by Gasteiger charge is -2.35. The highest BCUT2D eigenvalue weighted by molar-refractivity contribution is 7.09. The maximum absolute atomic E-state index is 12.8. The van der Waals surface area contributed by atoms with Gasteiger partial charge >= 0.3 is 0 Å². The van der Waals surface area contributed by atoms with Gasteiger partial charge in [0, 0.05) is 48.6 Å². The number of hydrogen-bond acceptors (Lipinski definition) is 9. The lowest BCUT2D eigenvalue weighted by atomic mass is 9.92. The first kappa shape index (κ1) is 20.5. The van der Waals surface area contributed by atoms with Crippen molar-refractivity contribution in [1.82, 2.24) is 20.4 Å². The summed E-state index contributed by atoms with van der Waals surface area (Å²) in [7, 11) is 0. The van der Waals surface area contributed by atoms with Gasteiger partial charge in [-0.15, -0.1) is 21.5 Å². The molecule has 1 aromatic carbocycles. The van der Waals surface area contributed by atoms with E-state index in [4.69, 9.17) is 4.74 Å². The van der Waals surface area contributed by atoms with Gasteiger partial charge in [-0.1, -0.05) is 0 Å². The molecular formula is C21H25FN6O2S. The number of rotatable bonds is 5. The zero-order valence-electron chi connectivity index (χ0n) is 17.2. The Labute approximate surface area is 183 Å². The number of morpholine rings is 1. The number of alkyl halides is 1. The Morgan fingerprint density at radius 1 is 1.19 bits per heavy atom. The van der Waals surface area contributed by atoms with Crippen molar-refractivity contribution in [3.8, 4) is 0 Å². The van der Waals surface area contributed by atoms with Gasteiger partial charge in [-0.05, 0) is 36.3 Å². The number of ether oxygens (including phenoxy) is 1. The van der Waals surface area contributed by atoms with E-state index >= 15 is 0 Å². The molecule has 0 spiro atoms. The van der Waals surface area contributed by atoms with E-state index in [1.807, 2.05) is 0 Å². The number of hydrogen-bond donors (Lipinski definition) is 1. The lowest BCUT2D eigenvalue weighted by Crippen LogP contribution is -2.38. The standard InChI is InChI=1S/C21H25FN6O2S/c22-11-15-13-31-21(23-15)19(29)14-2-1-5-28(12-14)20-17-4-3-16(10-18(17)24-26-25-20)27-6-8-30-9-7-27/h3-4,10,13-14,19,29H,1-2,5-9,11-12H2. The molecule has 2 fully saturated rings. The number of aliphatic hydroxyl groups excluding tert-OH is 1. The summed E-state index contributed by atoms with van der Waals surface area (Å²) in [5.74, 6) is 0.795. The normalized spacial score (nSPS) is 20.9. The summed E-state index contributed by atoms with van der Waals surface area (Å²) in [5.41, 5.74) is 2.31. The van der Waals surface area contributed by atoms with Crippen LogP contribution in [0.15, 0.2) is 23.6 Å². The average molecular weight is 445 g/mol. The summed E-state index contributed by atoms with van der Waals surface area (Å²) >= 11 is 1.32. The Kier molecular flexibility index (Phi) is 5.93. The molecule has 0 aliphatic carbocycles. The van der Waals surface area contributed by atoms with E-state index in [2.05, 4.69) is 48.4 Å². The Hall–Kier alpha value is -2.43. The molecule has 0 bridgehead atoms. The number of anilines is 2. The zero-order chi connectivity index (χ0) is 21.2. The molecule has 0 amide bonds. The average Bonchev–Trinajstić information content (AvgIpc) is 3.33. The van der Waals surface area contributed by atoms with Gasteiger partial charge in [-0.2, -0.15) is 0 Å². The van der Waals surface area contributed by atoms with Crippen molar-refractivity contribution >= 4 is 33.7 Å². The van der Waals surface area contributed by atoms with Crippen LogP contribution in [-0.4, -0.2) is 64.9 Å². The third-order valence-electron chi connectivity index (χ3n) is 6.05. The SMILES string of the molecule is OC(c1nc(CF)cs1)C1CCCN(c2nnnc3cc(N4CCOCC4)ccc23)C1. The van der Waals surface area contributed by atoms with Gasteiger partial charge in [0.15, 0.2) is 5.82 Å². The van der Waals surface area contributed by atoms with Crippen molar-refractivity contribution in [1.29, 1.82) is 0 Å². The second kappa shape index (κ2) is 8.97. The second-order valence-electron chi connectivity index (χ2n) is 8.02. The van der Waals surface area contributed by atoms with Crippen LogP contribution in [0.1, 0.15) is 29.6 Å². The first-order valence-electron chi connectivity index (χ1n) is 10.6. The van der Waals surface area contributed by atoms with E-state index in [1.54, 1.807) is 5.38 Å². The van der Waals surface area contributed by atoms with Crippen LogP contribution in [0, 0.1) is 5.92 Å². The number of aliphatic hydroxyl groups is 1. The second-order valence-corrected chi connectivity index (χ2v) is 8.91. The molecule has 10 heteroatoms. The molecule has 0 saturated carbocycles. The molecule has 2 saturated heterocycles. The smallest absolute Gasteiger partial charge is 0.162 e. The largest absolute Gasteiger partial charge is 0.386 e. The van der Waals surface area contributed by atoms with E-state index in [0.29, 0.717) is 17.2 Å². The molecule has 2 atom stereocenters. The molecule has 164 valence electrons. The third kappa shape index (κ3) is 4.19. The topological polar surface area (TPSA) is 87.5 Å². The van der Waals surface area contributed by atoms with Crippen LogP contribution in [0.5, 0.6) is 0 Å². The quantitative estimate of drug-likeness (QED) is 0.643. The minimum absolute atomic E-state index is 0.00463. The first-order valence-corrected chi connectivity index (χ1v) is 11.5. The molecule has 2 unspecified atom stereocenters. The summed E-state index contributed by atoms with van der Waals surface area (Å²) in [4.78, 5) is 8.69. The Morgan fingerprint density at radius 3 is 2.87 bits per heavy atom. The molecular weight excluding hydrogens is 419 g/mol. The summed E-state index contributed by atoms with van der Waals surface area (Å²) in [6.07, 6.45) is 1.11. The van der Waals surface area contributed by atoms with Crippen LogP contribution < -0.4 is 9.80 Å². The highest BCUT2D eigenvalue weighted by Crippen LogP contribution is 2.35. The maximum Gasteiger partial charge on any atom is 0.162 e. The van der Waals surface area contributed by atoms with Gasteiger partial charge in [0.25, 0.3) is 0 Å². The molecule has 31 heavy (non-hydrogen) atoms. The number of aromatic nitrogens is 4. The molecule has 4 heterocycles. The highest BCUT2D eigenvalue weighted by atomic mass is 32.1. The van der Waals surface area contributed by atoms with Crippen LogP contribution in [0.25, 0.3) is 10.9 Å². The van der Waals surface area contributed by atoms with Crippen molar-refractivity contribution in [2.24, 2.45) is 5.92 Å². The van der Waals surface area contributed by atoms with Crippen LogP contribution >= 0.6 is 11.3 Å². The van der Waals surface area contributed by atoms with Crippen molar-refractivity contribution in [2.45, 2.75) is 25.6 Å². The summed E-state index contributed by atoms with van der Waals surface area (Å²) in [6.45, 7) is 4.07. The van der Waals surface area contributed by atoms with Gasteiger partial charge in [0.05, 0.1) is 18.9 Å². The minimum Gasteiger partial charge on any atom is -0.386 e. The fourth-order valence-electron chi connectivity index (χ4n) is 4.39. The number of benzene rings is 1. The Balaban J connectivity index is 1.38. The number of piperidine rings is 1. The summed E-state index contributed by atoms with van der Waals surface area (Å²) in [6, 6.07) is 6.22. The van der Waals surface area contributed by atoms with Gasteiger partial charge in [-0.3, -0.25) is 0 Å². The zero-order valence-corrected chi connectivity index (χ0v) is 18.0. The van der Waals surface area contributed by atoms with Crippen molar-refractivity contribution in [3.63, 3.8) is 0 Å². The van der Waals surface area contributed by atoms with E-state index in [9.17, 15) is 9.50 Å². The molecule has 8 nitrogen and oxygen atoms in total. The monoisotopic (exact) mass is 444 g/mol. The highest BCUT2D eigenvalue weighted by Gasteiger charge is 2.30. The molecule has 2 aliphatic heterocycles. The molecule has 3 aromatic rings. The third-order valence-corrected chi connectivity index (χ3v) is 7.02. The first-order chi connectivity index (χ1) is 15.2. The molecule has 2 aromatic heterocycles. The van der Waals surface area contributed by atoms with E-state index in [-0.39, 0.29) is 5.92 Å². The predicted octanol–water partition coefficient (Wildman–Crippen LogP) is 2.74. The summed E-state index contributed by atoms with van der Waals surface area (Å²) < 4.78 is 18.3. The predicted molar refractivity (Wildman–Crippen MR) is 117 cm³/mol. The number of halogens is 1. The molecule has 2 aliphatic rings. The van der Waals surface area contributed by atoms with Gasteiger partial charge in [0.1, 0.15) is 23.3 Å². The maximum atomic E-state index is 12.8. The minimum atomic E-state index is -0.706. The Bertz CT molecular complexity index is 1040. The number of thiazole rings is 1. The van der Waals surface area contributed by atoms with Crippen molar-refractivity contribution in [2.75, 3.05) is 49.2 Å². The van der Waals surface area contributed by atoms with Gasteiger partial charge in [-0.25, -0.2) is 9.37 Å².